The first kappa shape index (κ1) is 26.0. The Kier molecular flexibility index (Phi) is 7.09. The molecule has 1 N–H and O–H groups in total. The van der Waals surface area contributed by atoms with Crippen LogP contribution in [0.15, 0.2) is 84.4 Å². The van der Waals surface area contributed by atoms with Crippen LogP contribution < -0.4 is 15.0 Å². The zero-order chi connectivity index (χ0) is 27.7. The highest BCUT2D eigenvalue weighted by Gasteiger charge is 2.37. The first-order valence-electron chi connectivity index (χ1n) is 12.4. The summed E-state index contributed by atoms with van der Waals surface area (Å²) in [5.74, 6) is -0.684. The van der Waals surface area contributed by atoms with Gasteiger partial charge in [-0.3, -0.25) is 14.9 Å². The van der Waals surface area contributed by atoms with Crippen LogP contribution in [-0.2, 0) is 16.2 Å². The average Bonchev–Trinajstić information content (AvgIpc) is 3.19. The second kappa shape index (κ2) is 10.6. The maximum absolute atomic E-state index is 13.3. The van der Waals surface area contributed by atoms with Crippen LogP contribution in [0, 0.1) is 20.8 Å². The van der Waals surface area contributed by atoms with Gasteiger partial charge >= 0.3 is 6.03 Å². The molecule has 8 heteroatoms. The third-order valence-electron chi connectivity index (χ3n) is 6.68. The van der Waals surface area contributed by atoms with E-state index >= 15 is 0 Å². The number of rotatable bonds is 6. The molecule has 1 saturated heterocycles. The number of urea groups is 1. The number of nitrogens with zero attached hydrogens (tertiary/aromatic N) is 2. The topological polar surface area (TPSA) is 80.6 Å². The van der Waals surface area contributed by atoms with Crippen molar-refractivity contribution in [1.82, 2.24) is 9.88 Å². The smallest absolute Gasteiger partial charge is 0.335 e. The number of barbiturate groups is 1. The van der Waals surface area contributed by atoms with E-state index in [0.29, 0.717) is 28.6 Å². The molecule has 39 heavy (non-hydrogen) atoms. The zero-order valence-electron chi connectivity index (χ0n) is 21.7. The molecule has 1 aliphatic rings. The normalized spacial score (nSPS) is 14.6. The lowest BCUT2D eigenvalue weighted by atomic mass is 10.1. The highest BCUT2D eigenvalue weighted by atomic mass is 35.5. The number of imide groups is 2. The fraction of sp³-hybridized carbons (Fsp3) is 0.129. The number of benzene rings is 3. The van der Waals surface area contributed by atoms with Gasteiger partial charge in [-0.1, -0.05) is 48.0 Å². The van der Waals surface area contributed by atoms with Crippen molar-refractivity contribution in [3.63, 3.8) is 0 Å². The summed E-state index contributed by atoms with van der Waals surface area (Å²) < 4.78 is 7.93. The fourth-order valence-corrected chi connectivity index (χ4v) is 4.84. The minimum Gasteiger partial charge on any atom is -0.489 e. The van der Waals surface area contributed by atoms with Crippen LogP contribution in [-0.4, -0.2) is 22.4 Å². The van der Waals surface area contributed by atoms with Crippen molar-refractivity contribution < 1.29 is 19.1 Å². The number of hydrogen-bond acceptors (Lipinski definition) is 4. The SMILES string of the molecule is Cc1ccccc1N1C(=O)NC(=O)/C(=C\c2cc(C)n(-c3ccc(OCc4ccccc4Cl)cc3)c2C)C1=O. The average molecular weight is 540 g/mol. The van der Waals surface area contributed by atoms with E-state index in [4.69, 9.17) is 16.3 Å². The van der Waals surface area contributed by atoms with E-state index in [2.05, 4.69) is 5.32 Å². The Hall–Kier alpha value is -4.62. The standard InChI is InChI=1S/C31H26ClN3O4/c1-19-8-4-7-11-28(19)35-30(37)26(29(36)33-31(35)38)17-23-16-20(2)34(21(23)3)24-12-14-25(15-13-24)39-18-22-9-5-6-10-27(22)32/h4-17H,18H2,1-3H3,(H,33,36,38)/b26-17+. The van der Waals surface area contributed by atoms with Crippen molar-refractivity contribution in [2.45, 2.75) is 27.4 Å². The third-order valence-corrected chi connectivity index (χ3v) is 7.04. The Morgan fingerprint density at radius 3 is 2.31 bits per heavy atom. The minimum atomic E-state index is -0.765. The van der Waals surface area contributed by atoms with E-state index in [-0.39, 0.29) is 5.57 Å². The fourth-order valence-electron chi connectivity index (χ4n) is 4.65. The predicted octanol–water partition coefficient (Wildman–Crippen LogP) is 6.30. The Bertz CT molecular complexity index is 1640. The number of amides is 4. The molecule has 1 aromatic heterocycles. The van der Waals surface area contributed by atoms with Crippen LogP contribution in [0.25, 0.3) is 11.8 Å². The van der Waals surface area contributed by atoms with Crippen molar-refractivity contribution in [3.05, 3.63) is 118 Å². The Labute approximate surface area is 231 Å². The van der Waals surface area contributed by atoms with Gasteiger partial charge in [0, 0.05) is 27.7 Å². The summed E-state index contributed by atoms with van der Waals surface area (Å²) in [5, 5.41) is 2.95. The quantitative estimate of drug-likeness (QED) is 0.230. The van der Waals surface area contributed by atoms with Gasteiger partial charge in [-0.15, -0.1) is 0 Å². The summed E-state index contributed by atoms with van der Waals surface area (Å²) in [6.07, 6.45) is 1.54. The number of para-hydroxylation sites is 1. The molecule has 0 unspecified atom stereocenters. The molecule has 1 fully saturated rings. The summed E-state index contributed by atoms with van der Waals surface area (Å²) in [6.45, 7) is 6.02. The number of ether oxygens (including phenoxy) is 1. The largest absolute Gasteiger partial charge is 0.489 e. The van der Waals surface area contributed by atoms with Gasteiger partial charge in [-0.2, -0.15) is 0 Å². The van der Waals surface area contributed by atoms with Crippen LogP contribution in [0.1, 0.15) is 28.1 Å². The lowest BCUT2D eigenvalue weighted by Crippen LogP contribution is -2.54. The summed E-state index contributed by atoms with van der Waals surface area (Å²) >= 11 is 6.22. The molecule has 0 saturated carbocycles. The number of anilines is 1. The number of nitrogens with one attached hydrogen (secondary N) is 1. The number of carbonyl (C=O) groups excluding carboxylic acids is 3. The summed E-state index contributed by atoms with van der Waals surface area (Å²) in [4.78, 5) is 39.6. The summed E-state index contributed by atoms with van der Waals surface area (Å²) in [6, 6.07) is 23.4. The molecule has 0 spiro atoms. The first-order valence-corrected chi connectivity index (χ1v) is 12.7. The van der Waals surface area contributed by atoms with Gasteiger partial charge in [0.2, 0.25) is 0 Å². The van der Waals surface area contributed by atoms with Gasteiger partial charge in [-0.05, 0) is 80.4 Å². The molecule has 3 aromatic carbocycles. The predicted molar refractivity (Wildman–Crippen MR) is 151 cm³/mol. The molecule has 2 heterocycles. The Morgan fingerprint density at radius 1 is 0.897 bits per heavy atom. The van der Waals surface area contributed by atoms with Crippen LogP contribution in [0.4, 0.5) is 10.5 Å². The van der Waals surface area contributed by atoms with Crippen molar-refractivity contribution in [3.8, 4) is 11.4 Å². The van der Waals surface area contributed by atoms with Crippen molar-refractivity contribution >= 4 is 41.2 Å². The molecule has 0 radical (unpaired) electrons. The van der Waals surface area contributed by atoms with Gasteiger partial charge in [0.05, 0.1) is 5.69 Å². The monoisotopic (exact) mass is 539 g/mol. The molecule has 196 valence electrons. The summed E-state index contributed by atoms with van der Waals surface area (Å²) in [5.41, 5.74) is 5.32. The van der Waals surface area contributed by atoms with E-state index in [0.717, 1.165) is 33.1 Å². The number of hydrogen-bond donors (Lipinski definition) is 1. The molecular formula is C31H26ClN3O4. The lowest BCUT2D eigenvalue weighted by molar-refractivity contribution is -0.122. The molecule has 0 bridgehead atoms. The molecule has 0 aliphatic carbocycles. The van der Waals surface area contributed by atoms with Crippen LogP contribution >= 0.6 is 11.6 Å². The Morgan fingerprint density at radius 2 is 1.59 bits per heavy atom. The van der Waals surface area contributed by atoms with Crippen LogP contribution in [0.5, 0.6) is 5.75 Å². The minimum absolute atomic E-state index is 0.110. The van der Waals surface area contributed by atoms with Crippen molar-refractivity contribution in [1.29, 1.82) is 0 Å². The molecule has 7 nitrogen and oxygen atoms in total. The Balaban J connectivity index is 1.41. The van der Waals surface area contributed by atoms with Gasteiger partial charge in [0.1, 0.15) is 17.9 Å². The van der Waals surface area contributed by atoms with E-state index in [1.807, 2.05) is 79.1 Å². The second-order valence-corrected chi connectivity index (χ2v) is 9.69. The third kappa shape index (κ3) is 5.09. The second-order valence-electron chi connectivity index (χ2n) is 9.28. The highest BCUT2D eigenvalue weighted by molar-refractivity contribution is 6.39. The first-order chi connectivity index (χ1) is 18.7. The van der Waals surface area contributed by atoms with E-state index in [1.165, 1.54) is 6.08 Å². The molecular weight excluding hydrogens is 514 g/mol. The van der Waals surface area contributed by atoms with Crippen molar-refractivity contribution in [2.24, 2.45) is 0 Å². The van der Waals surface area contributed by atoms with Gasteiger partial charge in [-0.25, -0.2) is 9.69 Å². The summed E-state index contributed by atoms with van der Waals surface area (Å²) in [7, 11) is 0. The number of carbonyl (C=O) groups is 3. The molecule has 0 atom stereocenters. The van der Waals surface area contributed by atoms with Crippen LogP contribution in [0.2, 0.25) is 5.02 Å². The van der Waals surface area contributed by atoms with Crippen molar-refractivity contribution in [2.75, 3.05) is 4.90 Å². The highest BCUT2D eigenvalue weighted by Crippen LogP contribution is 2.28. The maximum Gasteiger partial charge on any atom is 0.335 e. The number of aromatic nitrogens is 1. The van der Waals surface area contributed by atoms with Gasteiger partial charge in [0.15, 0.2) is 0 Å². The molecule has 1 aliphatic heterocycles. The van der Waals surface area contributed by atoms with E-state index in [1.54, 1.807) is 25.1 Å². The maximum atomic E-state index is 13.3. The van der Waals surface area contributed by atoms with Gasteiger partial charge in [0.25, 0.3) is 11.8 Å². The molecule has 4 amide bonds. The number of aryl methyl sites for hydroxylation is 2. The number of halogens is 1. The van der Waals surface area contributed by atoms with Gasteiger partial charge < -0.3 is 9.30 Å². The van der Waals surface area contributed by atoms with Crippen LogP contribution in [0.3, 0.4) is 0 Å². The van der Waals surface area contributed by atoms with E-state index < -0.39 is 17.8 Å². The lowest BCUT2D eigenvalue weighted by Gasteiger charge is -2.27. The van der Waals surface area contributed by atoms with E-state index in [9.17, 15) is 14.4 Å². The molecule has 4 aromatic rings. The zero-order valence-corrected chi connectivity index (χ0v) is 22.5. The molecule has 5 rings (SSSR count).